The van der Waals surface area contributed by atoms with Gasteiger partial charge in [-0.1, -0.05) is 41.6 Å². The van der Waals surface area contributed by atoms with E-state index in [4.69, 9.17) is 21.1 Å². The highest BCUT2D eigenvalue weighted by molar-refractivity contribution is 8.16. The van der Waals surface area contributed by atoms with Crippen LogP contribution in [-0.2, 0) is 21.1 Å². The van der Waals surface area contributed by atoms with Gasteiger partial charge in [-0.2, -0.15) is 4.99 Å². The fourth-order valence-electron chi connectivity index (χ4n) is 3.86. The summed E-state index contributed by atoms with van der Waals surface area (Å²) < 4.78 is 35.3. The van der Waals surface area contributed by atoms with Crippen LogP contribution in [0.3, 0.4) is 0 Å². The van der Waals surface area contributed by atoms with Crippen LogP contribution in [-0.4, -0.2) is 56.5 Å². The average molecular weight is 481 g/mol. The molecule has 10 heteroatoms. The zero-order valence-electron chi connectivity index (χ0n) is 16.9. The normalized spacial score (nSPS) is 23.1. The van der Waals surface area contributed by atoms with Crippen molar-refractivity contribution in [2.75, 3.05) is 30.6 Å². The van der Waals surface area contributed by atoms with Crippen molar-refractivity contribution >= 4 is 50.0 Å². The smallest absolute Gasteiger partial charge is 0.252 e. The van der Waals surface area contributed by atoms with E-state index >= 15 is 0 Å². The van der Waals surface area contributed by atoms with Gasteiger partial charge in [-0.3, -0.25) is 4.79 Å². The number of carbonyl (C=O) groups excluding carboxylic acids is 1. The third-order valence-corrected chi connectivity index (χ3v) is 8.67. The van der Waals surface area contributed by atoms with Crippen LogP contribution < -0.4 is 14.4 Å². The van der Waals surface area contributed by atoms with E-state index in [1.165, 1.54) is 18.9 Å². The number of hydrogen-bond donors (Lipinski definition) is 0. The Bertz CT molecular complexity index is 1150. The molecule has 0 aromatic heterocycles. The SMILES string of the molecule is COc1ccccc1CC(=O)N=C1S[C@@H]2CS(=O)(=O)C[C@@H]2N1c1cc(Cl)ccc1OC. The Kier molecular flexibility index (Phi) is 6.18. The Morgan fingerprint density at radius 3 is 2.65 bits per heavy atom. The second kappa shape index (κ2) is 8.72. The van der Waals surface area contributed by atoms with Crippen molar-refractivity contribution in [1.82, 2.24) is 0 Å². The van der Waals surface area contributed by atoms with Crippen LogP contribution in [0, 0.1) is 0 Å². The van der Waals surface area contributed by atoms with Gasteiger partial charge in [0.1, 0.15) is 11.5 Å². The van der Waals surface area contributed by atoms with Gasteiger partial charge in [-0.05, 0) is 24.3 Å². The molecule has 7 nitrogen and oxygen atoms in total. The van der Waals surface area contributed by atoms with Crippen molar-refractivity contribution in [1.29, 1.82) is 0 Å². The lowest BCUT2D eigenvalue weighted by Crippen LogP contribution is -2.38. The third kappa shape index (κ3) is 4.53. The third-order valence-electron chi connectivity index (χ3n) is 5.22. The minimum atomic E-state index is -3.18. The predicted octanol–water partition coefficient (Wildman–Crippen LogP) is 3.20. The lowest BCUT2D eigenvalue weighted by molar-refractivity contribution is -0.117. The number of sulfone groups is 1. The first-order valence-electron chi connectivity index (χ1n) is 9.54. The van der Waals surface area contributed by atoms with Gasteiger partial charge in [0.25, 0.3) is 5.91 Å². The molecule has 2 heterocycles. The number of anilines is 1. The summed E-state index contributed by atoms with van der Waals surface area (Å²) in [5.74, 6) is 0.827. The van der Waals surface area contributed by atoms with Crippen molar-refractivity contribution in [2.24, 2.45) is 4.99 Å². The standard InChI is InChI=1S/C21H21ClN2O5S2/c1-28-17-6-4-3-5-13(17)9-20(25)23-21-24(15-10-14(22)7-8-18(15)29-2)16-11-31(26,27)12-19(16)30-21/h3-8,10,16,19H,9,11-12H2,1-2H3/t16-,19+/m0/s1. The Hall–Kier alpha value is -2.23. The maximum Gasteiger partial charge on any atom is 0.252 e. The van der Waals surface area contributed by atoms with Crippen LogP contribution in [0.1, 0.15) is 5.56 Å². The summed E-state index contributed by atoms with van der Waals surface area (Å²) in [6.07, 6.45) is 0.0717. The van der Waals surface area contributed by atoms with Gasteiger partial charge in [0.15, 0.2) is 15.0 Å². The van der Waals surface area contributed by atoms with E-state index in [1.807, 2.05) is 18.2 Å². The van der Waals surface area contributed by atoms with Gasteiger partial charge in [-0.15, -0.1) is 0 Å². The molecule has 0 bridgehead atoms. The molecule has 2 saturated heterocycles. The molecule has 0 aliphatic carbocycles. The van der Waals surface area contributed by atoms with E-state index < -0.39 is 9.84 Å². The lowest BCUT2D eigenvalue weighted by atomic mass is 10.1. The minimum Gasteiger partial charge on any atom is -0.496 e. The molecule has 4 rings (SSSR count). The summed E-state index contributed by atoms with van der Waals surface area (Å²) in [5.41, 5.74) is 1.33. The summed E-state index contributed by atoms with van der Waals surface area (Å²) in [6, 6.07) is 12.0. The molecule has 2 aliphatic heterocycles. The van der Waals surface area contributed by atoms with Gasteiger partial charge in [0, 0.05) is 15.8 Å². The van der Waals surface area contributed by atoms with Crippen LogP contribution in [0.4, 0.5) is 5.69 Å². The fraction of sp³-hybridized carbons (Fsp3) is 0.333. The monoisotopic (exact) mass is 480 g/mol. The van der Waals surface area contributed by atoms with Gasteiger partial charge in [0.2, 0.25) is 0 Å². The fourth-order valence-corrected chi connectivity index (χ4v) is 7.95. The van der Waals surface area contributed by atoms with Crippen LogP contribution >= 0.6 is 23.4 Å². The summed E-state index contributed by atoms with van der Waals surface area (Å²) >= 11 is 7.52. The van der Waals surface area contributed by atoms with Gasteiger partial charge in [0.05, 0.1) is 43.9 Å². The van der Waals surface area contributed by atoms with E-state index in [2.05, 4.69) is 4.99 Å². The molecule has 2 aromatic rings. The summed E-state index contributed by atoms with van der Waals surface area (Å²) in [7, 11) is -0.0957. The topological polar surface area (TPSA) is 85.3 Å². The van der Waals surface area contributed by atoms with Crippen LogP contribution in [0.15, 0.2) is 47.5 Å². The molecule has 2 atom stereocenters. The number of carbonyl (C=O) groups is 1. The van der Waals surface area contributed by atoms with Gasteiger partial charge < -0.3 is 14.4 Å². The molecule has 0 spiro atoms. The average Bonchev–Trinajstić information content (AvgIpc) is 3.18. The highest BCUT2D eigenvalue weighted by atomic mass is 35.5. The Morgan fingerprint density at radius 2 is 1.90 bits per heavy atom. The largest absolute Gasteiger partial charge is 0.496 e. The first-order valence-corrected chi connectivity index (χ1v) is 12.6. The summed E-state index contributed by atoms with van der Waals surface area (Å²) in [6.45, 7) is 0. The Balaban J connectivity index is 1.71. The van der Waals surface area contributed by atoms with E-state index in [9.17, 15) is 13.2 Å². The van der Waals surface area contributed by atoms with Gasteiger partial charge >= 0.3 is 0 Å². The molecule has 164 valence electrons. The zero-order valence-corrected chi connectivity index (χ0v) is 19.3. The quantitative estimate of drug-likeness (QED) is 0.649. The Morgan fingerprint density at radius 1 is 1.16 bits per heavy atom. The maximum atomic E-state index is 12.8. The number of fused-ring (bicyclic) bond motifs is 1. The van der Waals surface area contributed by atoms with E-state index in [1.54, 1.807) is 36.3 Å². The number of nitrogens with zero attached hydrogens (tertiary/aromatic N) is 2. The molecule has 0 saturated carbocycles. The summed E-state index contributed by atoms with van der Waals surface area (Å²) in [5, 5.41) is 0.710. The molecule has 0 radical (unpaired) electrons. The zero-order chi connectivity index (χ0) is 22.2. The number of benzene rings is 2. The lowest BCUT2D eigenvalue weighted by Gasteiger charge is -2.26. The molecule has 2 aromatic carbocycles. The molecular weight excluding hydrogens is 460 g/mol. The van der Waals surface area contributed by atoms with E-state index in [0.717, 1.165) is 5.56 Å². The van der Waals surface area contributed by atoms with E-state index in [0.29, 0.717) is 27.4 Å². The van der Waals surface area contributed by atoms with Crippen molar-refractivity contribution in [2.45, 2.75) is 17.7 Å². The number of ether oxygens (including phenoxy) is 2. The highest BCUT2D eigenvalue weighted by Gasteiger charge is 2.50. The molecule has 0 N–H and O–H groups in total. The number of amidine groups is 1. The Labute approximate surface area is 190 Å². The van der Waals surface area contributed by atoms with Crippen LogP contribution in [0.5, 0.6) is 11.5 Å². The number of amides is 1. The molecular formula is C21H21ClN2O5S2. The van der Waals surface area contributed by atoms with E-state index in [-0.39, 0.29) is 35.1 Å². The van der Waals surface area contributed by atoms with Gasteiger partial charge in [-0.25, -0.2) is 8.42 Å². The first kappa shape index (κ1) is 22.0. The second-order valence-electron chi connectivity index (χ2n) is 7.26. The number of thioether (sulfide) groups is 1. The highest BCUT2D eigenvalue weighted by Crippen LogP contribution is 2.44. The molecule has 1 amide bonds. The van der Waals surface area contributed by atoms with Crippen LogP contribution in [0.25, 0.3) is 0 Å². The molecule has 2 fully saturated rings. The summed E-state index contributed by atoms with van der Waals surface area (Å²) in [4.78, 5) is 19.0. The molecule has 2 aliphatic rings. The second-order valence-corrected chi connectivity index (χ2v) is 11.1. The van der Waals surface area contributed by atoms with Crippen molar-refractivity contribution in [3.8, 4) is 11.5 Å². The van der Waals surface area contributed by atoms with Crippen molar-refractivity contribution < 1.29 is 22.7 Å². The number of aliphatic imine (C=N–C) groups is 1. The number of hydrogen-bond acceptors (Lipinski definition) is 6. The number of rotatable bonds is 5. The number of halogens is 1. The minimum absolute atomic E-state index is 0.0138. The van der Waals surface area contributed by atoms with Crippen molar-refractivity contribution in [3.63, 3.8) is 0 Å². The predicted molar refractivity (Wildman–Crippen MR) is 123 cm³/mol. The number of para-hydroxylation sites is 1. The molecule has 31 heavy (non-hydrogen) atoms. The van der Waals surface area contributed by atoms with Crippen LogP contribution in [0.2, 0.25) is 5.02 Å². The maximum absolute atomic E-state index is 12.8. The number of methoxy groups -OCH3 is 2. The molecule has 0 unspecified atom stereocenters. The first-order chi connectivity index (χ1) is 14.8. The van der Waals surface area contributed by atoms with Crippen molar-refractivity contribution in [3.05, 3.63) is 53.1 Å².